The van der Waals surface area contributed by atoms with Gasteiger partial charge in [-0.25, -0.2) is 4.98 Å². The molecule has 3 aromatic rings. The number of rotatable bonds is 6. The third kappa shape index (κ3) is 4.49. The van der Waals surface area contributed by atoms with Crippen LogP contribution in [0.15, 0.2) is 30.5 Å². The predicted octanol–water partition coefficient (Wildman–Crippen LogP) is 2.50. The summed E-state index contributed by atoms with van der Waals surface area (Å²) in [5, 5.41) is 14.3. The SMILES string of the molecule is COc1cc2c(cc1Nc1nnc(C(N)=O)c(Nc3ncccc3Cl)n1)CN(C)CC2. The number of carbonyl (C=O) groups excluding carboxylic acids is 1. The summed E-state index contributed by atoms with van der Waals surface area (Å²) in [6.07, 6.45) is 2.51. The minimum Gasteiger partial charge on any atom is -0.495 e. The Morgan fingerprint density at radius 3 is 2.81 bits per heavy atom. The molecular weight excluding hydrogens is 420 g/mol. The predicted molar refractivity (Wildman–Crippen MR) is 117 cm³/mol. The van der Waals surface area contributed by atoms with Crippen molar-refractivity contribution < 1.29 is 9.53 Å². The van der Waals surface area contributed by atoms with Crippen molar-refractivity contribution in [2.24, 2.45) is 5.73 Å². The Morgan fingerprint density at radius 1 is 1.23 bits per heavy atom. The van der Waals surface area contributed by atoms with Crippen molar-refractivity contribution in [2.45, 2.75) is 13.0 Å². The van der Waals surface area contributed by atoms with Crippen molar-refractivity contribution in [1.29, 1.82) is 0 Å². The molecule has 3 heterocycles. The van der Waals surface area contributed by atoms with Gasteiger partial charge >= 0.3 is 0 Å². The molecule has 1 amide bonds. The fourth-order valence-corrected chi connectivity index (χ4v) is 3.51. The quantitative estimate of drug-likeness (QED) is 0.528. The molecule has 0 bridgehead atoms. The van der Waals surface area contributed by atoms with E-state index in [4.69, 9.17) is 22.1 Å². The summed E-state index contributed by atoms with van der Waals surface area (Å²) in [5.41, 5.74) is 8.42. The minimum absolute atomic E-state index is 0.0854. The van der Waals surface area contributed by atoms with Gasteiger partial charge in [-0.2, -0.15) is 4.98 Å². The molecule has 1 aliphatic heterocycles. The van der Waals surface area contributed by atoms with Crippen LogP contribution in [0.4, 0.5) is 23.3 Å². The van der Waals surface area contributed by atoms with Crippen LogP contribution in [0.25, 0.3) is 0 Å². The highest BCUT2D eigenvalue weighted by Gasteiger charge is 2.19. The third-order valence-electron chi connectivity index (χ3n) is 4.89. The lowest BCUT2D eigenvalue weighted by Gasteiger charge is -2.26. The second-order valence-electron chi connectivity index (χ2n) is 7.09. The summed E-state index contributed by atoms with van der Waals surface area (Å²) in [4.78, 5) is 22.6. The molecule has 0 saturated carbocycles. The highest BCUT2D eigenvalue weighted by Crippen LogP contribution is 2.33. The number of primary amides is 1. The monoisotopic (exact) mass is 440 g/mol. The molecule has 0 fully saturated rings. The van der Waals surface area contributed by atoms with Crippen LogP contribution in [-0.4, -0.2) is 51.7 Å². The summed E-state index contributed by atoms with van der Waals surface area (Å²) >= 11 is 6.15. The summed E-state index contributed by atoms with van der Waals surface area (Å²) in [6.45, 7) is 1.83. The summed E-state index contributed by atoms with van der Waals surface area (Å²) < 4.78 is 5.54. The van der Waals surface area contributed by atoms with E-state index in [1.807, 2.05) is 12.1 Å². The topological polar surface area (TPSA) is 131 Å². The van der Waals surface area contributed by atoms with E-state index in [0.717, 1.165) is 19.5 Å². The molecular formula is C20H21ClN8O2. The number of nitrogens with two attached hydrogens (primary N) is 1. The number of nitrogens with zero attached hydrogens (tertiary/aromatic N) is 5. The Bertz CT molecular complexity index is 1140. The fraction of sp³-hybridized carbons (Fsp3) is 0.250. The average molecular weight is 441 g/mol. The van der Waals surface area contributed by atoms with Gasteiger partial charge in [0.25, 0.3) is 5.91 Å². The molecule has 4 N–H and O–H groups in total. The lowest BCUT2D eigenvalue weighted by molar-refractivity contribution is 0.0995. The van der Waals surface area contributed by atoms with Gasteiger partial charge in [-0.05, 0) is 48.9 Å². The Labute approximate surface area is 183 Å². The van der Waals surface area contributed by atoms with Crippen molar-refractivity contribution in [2.75, 3.05) is 31.3 Å². The molecule has 0 atom stereocenters. The maximum atomic E-state index is 11.8. The second-order valence-corrected chi connectivity index (χ2v) is 7.50. The fourth-order valence-electron chi connectivity index (χ4n) is 3.34. The smallest absolute Gasteiger partial charge is 0.273 e. The van der Waals surface area contributed by atoms with Gasteiger partial charge in [-0.1, -0.05) is 11.6 Å². The highest BCUT2D eigenvalue weighted by molar-refractivity contribution is 6.33. The maximum Gasteiger partial charge on any atom is 0.273 e. The first-order valence-electron chi connectivity index (χ1n) is 9.52. The van der Waals surface area contributed by atoms with E-state index in [1.165, 1.54) is 11.1 Å². The second kappa shape index (κ2) is 8.70. The number of hydrogen-bond donors (Lipinski definition) is 3. The normalized spacial score (nSPS) is 13.4. The number of nitrogens with one attached hydrogen (secondary N) is 2. The van der Waals surface area contributed by atoms with Crippen LogP contribution in [0.1, 0.15) is 21.6 Å². The Balaban J connectivity index is 1.68. The van der Waals surface area contributed by atoms with Crippen LogP contribution in [0.5, 0.6) is 5.75 Å². The number of amides is 1. The van der Waals surface area contributed by atoms with Gasteiger partial charge in [0.2, 0.25) is 5.95 Å². The van der Waals surface area contributed by atoms with E-state index < -0.39 is 5.91 Å². The number of pyridine rings is 1. The Kier molecular flexibility index (Phi) is 5.83. The minimum atomic E-state index is -0.782. The number of anilines is 4. The molecule has 2 aromatic heterocycles. The zero-order valence-electron chi connectivity index (χ0n) is 17.0. The number of methoxy groups -OCH3 is 1. The molecule has 10 nitrogen and oxygen atoms in total. The summed E-state index contributed by atoms with van der Waals surface area (Å²) in [7, 11) is 3.68. The number of aromatic nitrogens is 4. The number of fused-ring (bicyclic) bond motifs is 1. The molecule has 0 saturated heterocycles. The van der Waals surface area contributed by atoms with E-state index in [-0.39, 0.29) is 17.5 Å². The lowest BCUT2D eigenvalue weighted by Crippen LogP contribution is -2.26. The summed E-state index contributed by atoms with van der Waals surface area (Å²) in [6, 6.07) is 7.37. The molecule has 0 radical (unpaired) electrons. The maximum absolute atomic E-state index is 11.8. The Morgan fingerprint density at radius 2 is 2.06 bits per heavy atom. The molecule has 11 heteroatoms. The number of hydrogen-bond acceptors (Lipinski definition) is 9. The van der Waals surface area contributed by atoms with E-state index in [0.29, 0.717) is 22.3 Å². The van der Waals surface area contributed by atoms with Crippen LogP contribution in [0.2, 0.25) is 5.02 Å². The molecule has 1 aromatic carbocycles. The molecule has 31 heavy (non-hydrogen) atoms. The van der Waals surface area contributed by atoms with E-state index in [1.54, 1.807) is 25.4 Å². The van der Waals surface area contributed by atoms with Crippen molar-refractivity contribution in [3.05, 3.63) is 52.3 Å². The first kappa shape index (κ1) is 20.8. The van der Waals surface area contributed by atoms with Crippen LogP contribution in [0, 0.1) is 0 Å². The Hall–Kier alpha value is -3.50. The number of likely N-dealkylation sites (N-methyl/N-ethyl adjacent to an activating group) is 1. The van der Waals surface area contributed by atoms with Crippen LogP contribution in [-0.2, 0) is 13.0 Å². The van der Waals surface area contributed by atoms with Crippen LogP contribution in [0.3, 0.4) is 0 Å². The summed E-state index contributed by atoms with van der Waals surface area (Å²) in [5.74, 6) is 0.431. The largest absolute Gasteiger partial charge is 0.495 e. The van der Waals surface area contributed by atoms with Crippen LogP contribution >= 0.6 is 11.6 Å². The third-order valence-corrected chi connectivity index (χ3v) is 5.19. The first-order valence-corrected chi connectivity index (χ1v) is 9.90. The van der Waals surface area contributed by atoms with Gasteiger partial charge in [0.15, 0.2) is 11.5 Å². The van der Waals surface area contributed by atoms with E-state index in [9.17, 15) is 4.79 Å². The molecule has 0 unspecified atom stereocenters. The zero-order chi connectivity index (χ0) is 22.0. The number of benzene rings is 1. The number of ether oxygens (including phenoxy) is 1. The van der Waals surface area contributed by atoms with Crippen molar-refractivity contribution in [3.63, 3.8) is 0 Å². The van der Waals surface area contributed by atoms with Crippen molar-refractivity contribution >= 4 is 40.8 Å². The van der Waals surface area contributed by atoms with Gasteiger partial charge in [-0.15, -0.1) is 10.2 Å². The van der Waals surface area contributed by atoms with E-state index in [2.05, 4.69) is 42.7 Å². The van der Waals surface area contributed by atoms with E-state index >= 15 is 0 Å². The molecule has 0 spiro atoms. The lowest BCUT2D eigenvalue weighted by atomic mass is 9.99. The average Bonchev–Trinajstić information content (AvgIpc) is 2.75. The molecule has 4 rings (SSSR count). The number of halogens is 1. The highest BCUT2D eigenvalue weighted by atomic mass is 35.5. The van der Waals surface area contributed by atoms with Crippen LogP contribution < -0.4 is 21.1 Å². The van der Waals surface area contributed by atoms with Gasteiger partial charge < -0.3 is 26.0 Å². The van der Waals surface area contributed by atoms with Crippen molar-refractivity contribution in [3.8, 4) is 5.75 Å². The molecule has 1 aliphatic rings. The zero-order valence-corrected chi connectivity index (χ0v) is 17.8. The van der Waals surface area contributed by atoms with Crippen molar-refractivity contribution in [1.82, 2.24) is 25.1 Å². The number of carbonyl (C=O) groups is 1. The first-order chi connectivity index (χ1) is 14.9. The standard InChI is InChI=1S/C20H21ClN8O2/c1-29-7-5-11-9-15(31-2)14(8-12(11)10-29)24-20-26-19(16(17(22)30)27-28-20)25-18-13(21)4-3-6-23-18/h3-4,6,8-9H,5,7,10H2,1-2H3,(H2,22,30)(H2,23,24,25,26,28). The van der Waals surface area contributed by atoms with Gasteiger partial charge in [0.05, 0.1) is 17.8 Å². The molecule has 0 aliphatic carbocycles. The molecule has 160 valence electrons. The van der Waals surface area contributed by atoms with Gasteiger partial charge in [0, 0.05) is 19.3 Å². The van der Waals surface area contributed by atoms with Gasteiger partial charge in [-0.3, -0.25) is 4.79 Å². The van der Waals surface area contributed by atoms with Gasteiger partial charge in [0.1, 0.15) is 11.6 Å².